The van der Waals surface area contributed by atoms with Gasteiger partial charge in [0.1, 0.15) is 11.6 Å². The lowest BCUT2D eigenvalue weighted by atomic mass is 9.96. The van der Waals surface area contributed by atoms with Crippen LogP contribution in [0.3, 0.4) is 0 Å². The van der Waals surface area contributed by atoms with E-state index in [0.29, 0.717) is 13.1 Å². The number of aliphatic imine (C=N–C) groups is 2. The van der Waals surface area contributed by atoms with Crippen LogP contribution in [0.2, 0.25) is 0 Å². The van der Waals surface area contributed by atoms with Crippen LogP contribution in [0.1, 0.15) is 33.4 Å². The number of hydrogen-bond donors (Lipinski definition) is 2. The van der Waals surface area contributed by atoms with Gasteiger partial charge >= 0.3 is 0 Å². The minimum atomic E-state index is -0.101. The standard InChI is InChI=1S/2C22H20N4O2/c2*27-21-13-16(3-6-24-21)15-1-2-18-14-25-22(19(18)11-15)17-4-5-23-20(12-17)26-7-9-28-10-8-26/h2*1-6,11-13H,7-10,14H2,(H,24,27). The zero-order chi connectivity index (χ0) is 37.8. The van der Waals surface area contributed by atoms with Gasteiger partial charge in [-0.15, -0.1) is 0 Å². The van der Waals surface area contributed by atoms with E-state index in [2.05, 4.69) is 78.3 Å². The summed E-state index contributed by atoms with van der Waals surface area (Å²) in [7, 11) is 0. The van der Waals surface area contributed by atoms with E-state index >= 15 is 0 Å². The van der Waals surface area contributed by atoms with Gasteiger partial charge in [-0.1, -0.05) is 24.3 Å². The molecule has 0 aliphatic carbocycles. The predicted octanol–water partition coefficient (Wildman–Crippen LogP) is 5.25. The van der Waals surface area contributed by atoms with Gasteiger partial charge in [-0.05, 0) is 81.9 Å². The maximum absolute atomic E-state index is 11.7. The maximum Gasteiger partial charge on any atom is 0.248 e. The highest BCUT2D eigenvalue weighted by Gasteiger charge is 2.22. The number of rotatable bonds is 6. The Morgan fingerprint density at radius 2 is 0.911 bits per heavy atom. The van der Waals surface area contributed by atoms with Crippen molar-refractivity contribution in [1.82, 2.24) is 19.9 Å². The summed E-state index contributed by atoms with van der Waals surface area (Å²) in [6.07, 6.45) is 7.05. The smallest absolute Gasteiger partial charge is 0.248 e. The van der Waals surface area contributed by atoms with Crippen molar-refractivity contribution in [3.8, 4) is 22.3 Å². The van der Waals surface area contributed by atoms with Gasteiger partial charge in [-0.25, -0.2) is 9.97 Å². The Bertz CT molecular complexity index is 2410. The Balaban J connectivity index is 0.000000146. The molecule has 6 aromatic rings. The molecule has 56 heavy (non-hydrogen) atoms. The molecule has 280 valence electrons. The molecule has 0 atom stereocenters. The number of ether oxygens (including phenoxy) is 2. The first kappa shape index (κ1) is 35.2. The van der Waals surface area contributed by atoms with Crippen molar-refractivity contribution in [3.05, 3.63) is 164 Å². The number of aromatic nitrogens is 4. The van der Waals surface area contributed by atoms with E-state index in [0.717, 1.165) is 120 Å². The molecule has 0 unspecified atom stereocenters. The fourth-order valence-corrected chi connectivity index (χ4v) is 7.53. The van der Waals surface area contributed by atoms with E-state index in [-0.39, 0.29) is 11.1 Å². The Morgan fingerprint density at radius 1 is 0.482 bits per heavy atom. The number of hydrogen-bond acceptors (Lipinski definition) is 10. The quantitative estimate of drug-likeness (QED) is 0.236. The lowest BCUT2D eigenvalue weighted by Crippen LogP contribution is -2.36. The number of nitrogens with zero attached hydrogens (tertiary/aromatic N) is 6. The van der Waals surface area contributed by atoms with Crippen LogP contribution in [-0.4, -0.2) is 84.0 Å². The summed E-state index contributed by atoms with van der Waals surface area (Å²) in [4.78, 5) is 51.8. The number of H-pyrrole nitrogens is 2. The molecule has 4 aromatic heterocycles. The van der Waals surface area contributed by atoms with Crippen molar-refractivity contribution < 1.29 is 9.47 Å². The van der Waals surface area contributed by atoms with Gasteiger partial charge in [0.05, 0.1) is 50.9 Å². The molecule has 2 saturated heterocycles. The number of nitrogens with one attached hydrogen (secondary N) is 2. The third-order valence-corrected chi connectivity index (χ3v) is 10.5. The molecule has 0 saturated carbocycles. The van der Waals surface area contributed by atoms with Gasteiger partial charge in [0, 0.05) is 85.4 Å². The molecule has 12 heteroatoms. The fraction of sp³-hybridized carbons (Fsp3) is 0.227. The van der Waals surface area contributed by atoms with E-state index in [1.165, 1.54) is 11.1 Å². The van der Waals surface area contributed by atoms with E-state index in [1.807, 2.05) is 36.7 Å². The SMILES string of the molecule is O=c1cc(-c2ccc3c(c2)C(c2ccnc(N4CCOCC4)c2)=NC3)cc[nH]1.O=c1cc(-c2ccc3c(c2)C(c2ccnc(N4CCOCC4)c2)=NC3)cc[nH]1. The Kier molecular flexibility index (Phi) is 9.87. The van der Waals surface area contributed by atoms with Crippen LogP contribution in [0.15, 0.2) is 129 Å². The first-order chi connectivity index (χ1) is 27.6. The average molecular weight is 745 g/mol. The molecule has 4 aliphatic rings. The molecular formula is C44H40N8O4. The summed E-state index contributed by atoms with van der Waals surface area (Å²) in [5.74, 6) is 1.92. The maximum atomic E-state index is 11.7. The topological polar surface area (TPSA) is 141 Å². The molecule has 0 spiro atoms. The molecule has 12 nitrogen and oxygen atoms in total. The van der Waals surface area contributed by atoms with Crippen LogP contribution in [0.25, 0.3) is 22.3 Å². The molecule has 0 amide bonds. The lowest BCUT2D eigenvalue weighted by Gasteiger charge is -2.28. The number of pyridine rings is 4. The van der Waals surface area contributed by atoms with Gasteiger partial charge in [-0.2, -0.15) is 0 Å². The molecule has 10 rings (SSSR count). The summed E-state index contributed by atoms with van der Waals surface area (Å²) in [5, 5.41) is 0. The zero-order valence-corrected chi connectivity index (χ0v) is 30.8. The van der Waals surface area contributed by atoms with Gasteiger partial charge < -0.3 is 29.2 Å². The second-order valence-electron chi connectivity index (χ2n) is 14.0. The minimum Gasteiger partial charge on any atom is -0.378 e. The monoisotopic (exact) mass is 744 g/mol. The summed E-state index contributed by atoms with van der Waals surface area (Å²) in [5.41, 5.74) is 12.4. The molecule has 2 aromatic carbocycles. The van der Waals surface area contributed by atoms with Crippen molar-refractivity contribution >= 4 is 23.1 Å². The summed E-state index contributed by atoms with van der Waals surface area (Å²) in [6.45, 7) is 7.69. The van der Waals surface area contributed by atoms with Crippen LogP contribution in [0.4, 0.5) is 11.6 Å². The van der Waals surface area contributed by atoms with Crippen LogP contribution < -0.4 is 20.9 Å². The van der Waals surface area contributed by atoms with Crippen LogP contribution >= 0.6 is 0 Å². The third kappa shape index (κ3) is 7.44. The molecule has 0 bridgehead atoms. The summed E-state index contributed by atoms with van der Waals surface area (Å²) < 4.78 is 10.9. The molecule has 8 heterocycles. The number of benzene rings is 2. The van der Waals surface area contributed by atoms with Gasteiger partial charge in [0.25, 0.3) is 0 Å². The van der Waals surface area contributed by atoms with Crippen molar-refractivity contribution in [2.24, 2.45) is 9.98 Å². The average Bonchev–Trinajstić information content (AvgIpc) is 3.89. The van der Waals surface area contributed by atoms with Crippen molar-refractivity contribution in [1.29, 1.82) is 0 Å². The summed E-state index contributed by atoms with van der Waals surface area (Å²) in [6, 6.07) is 27.9. The van der Waals surface area contributed by atoms with Crippen molar-refractivity contribution in [2.75, 3.05) is 62.4 Å². The van der Waals surface area contributed by atoms with E-state index in [4.69, 9.17) is 19.5 Å². The van der Waals surface area contributed by atoms with E-state index < -0.39 is 0 Å². The normalized spacial score (nSPS) is 16.0. The number of fused-ring (bicyclic) bond motifs is 2. The van der Waals surface area contributed by atoms with Gasteiger partial charge in [-0.3, -0.25) is 19.6 Å². The Morgan fingerprint density at radius 3 is 1.34 bits per heavy atom. The number of aromatic amines is 2. The molecule has 4 aliphatic heterocycles. The zero-order valence-electron chi connectivity index (χ0n) is 30.8. The van der Waals surface area contributed by atoms with Crippen LogP contribution in [0.5, 0.6) is 0 Å². The minimum absolute atomic E-state index is 0.101. The highest BCUT2D eigenvalue weighted by Crippen LogP contribution is 2.31. The van der Waals surface area contributed by atoms with E-state index in [9.17, 15) is 9.59 Å². The number of morpholine rings is 2. The fourth-order valence-electron chi connectivity index (χ4n) is 7.53. The van der Waals surface area contributed by atoms with Crippen LogP contribution in [0, 0.1) is 0 Å². The first-order valence-corrected chi connectivity index (χ1v) is 18.9. The lowest BCUT2D eigenvalue weighted by molar-refractivity contribution is 0.122. The predicted molar refractivity (Wildman–Crippen MR) is 218 cm³/mol. The first-order valence-electron chi connectivity index (χ1n) is 18.9. The second kappa shape index (κ2) is 15.7. The van der Waals surface area contributed by atoms with Crippen molar-refractivity contribution in [3.63, 3.8) is 0 Å². The number of anilines is 2. The third-order valence-electron chi connectivity index (χ3n) is 10.5. The van der Waals surface area contributed by atoms with Crippen LogP contribution in [-0.2, 0) is 22.6 Å². The summed E-state index contributed by atoms with van der Waals surface area (Å²) >= 11 is 0. The molecule has 2 N–H and O–H groups in total. The van der Waals surface area contributed by atoms with Gasteiger partial charge in [0.2, 0.25) is 11.1 Å². The Hall–Kier alpha value is -6.50. The van der Waals surface area contributed by atoms with Crippen molar-refractivity contribution in [2.45, 2.75) is 13.1 Å². The highest BCUT2D eigenvalue weighted by atomic mass is 16.5. The molecule has 0 radical (unpaired) electrons. The van der Waals surface area contributed by atoms with E-state index in [1.54, 1.807) is 24.5 Å². The highest BCUT2D eigenvalue weighted by molar-refractivity contribution is 6.16. The molecular weight excluding hydrogens is 705 g/mol. The Labute approximate surface area is 323 Å². The van der Waals surface area contributed by atoms with Gasteiger partial charge in [0.15, 0.2) is 0 Å². The second-order valence-corrected chi connectivity index (χ2v) is 14.0. The molecule has 2 fully saturated rings. The largest absolute Gasteiger partial charge is 0.378 e.